The second-order valence-electron chi connectivity index (χ2n) is 4.94. The summed E-state index contributed by atoms with van der Waals surface area (Å²) in [5.41, 5.74) is -0.689. The molecular formula is C14H19ClF4N2. The summed E-state index contributed by atoms with van der Waals surface area (Å²) in [4.78, 5) is 1.99. The van der Waals surface area contributed by atoms with Gasteiger partial charge in [0.15, 0.2) is 0 Å². The van der Waals surface area contributed by atoms with Crippen LogP contribution in [-0.4, -0.2) is 31.1 Å². The first kappa shape index (κ1) is 18.2. The number of nitrogens with zero attached hydrogens (tertiary/aromatic N) is 1. The molecule has 1 aromatic rings. The average Bonchev–Trinajstić information content (AvgIpc) is 2.39. The van der Waals surface area contributed by atoms with Crippen LogP contribution in [0.3, 0.4) is 0 Å². The van der Waals surface area contributed by atoms with E-state index in [2.05, 4.69) is 5.32 Å². The van der Waals surface area contributed by atoms with Crippen molar-refractivity contribution in [3.05, 3.63) is 35.1 Å². The smallest absolute Gasteiger partial charge is 0.314 e. The van der Waals surface area contributed by atoms with Crippen molar-refractivity contribution in [3.63, 3.8) is 0 Å². The number of benzene rings is 1. The van der Waals surface area contributed by atoms with E-state index in [1.54, 1.807) is 0 Å². The Kier molecular flexibility index (Phi) is 6.43. The van der Waals surface area contributed by atoms with Gasteiger partial charge in [0.05, 0.1) is 5.56 Å². The standard InChI is InChI=1S/C14H18F4N2.ClH/c1-2-13(20-7-5-19-6-8-20)11-9-10(15)3-4-12(11)14(16,17)18;/h3-4,9,13,19H,2,5-8H2,1H3;1H/t13-;/m0./s1. The SMILES string of the molecule is CC[C@@H](c1cc(F)ccc1C(F)(F)F)N1CCNCC1.Cl. The van der Waals surface area contributed by atoms with E-state index >= 15 is 0 Å². The van der Waals surface area contributed by atoms with Crippen LogP contribution in [0.2, 0.25) is 0 Å². The first-order valence-corrected chi connectivity index (χ1v) is 6.75. The number of alkyl halides is 3. The summed E-state index contributed by atoms with van der Waals surface area (Å²) in [6.07, 6.45) is -3.93. The third-order valence-electron chi connectivity index (χ3n) is 3.66. The van der Waals surface area contributed by atoms with Gasteiger partial charge in [-0.15, -0.1) is 12.4 Å². The summed E-state index contributed by atoms with van der Waals surface area (Å²) in [6, 6.07) is 2.34. The summed E-state index contributed by atoms with van der Waals surface area (Å²) in [5, 5.41) is 3.16. The summed E-state index contributed by atoms with van der Waals surface area (Å²) >= 11 is 0. The Morgan fingerprint density at radius 3 is 2.38 bits per heavy atom. The number of halogens is 5. The molecule has 0 saturated carbocycles. The van der Waals surface area contributed by atoms with Gasteiger partial charge in [0.2, 0.25) is 0 Å². The van der Waals surface area contributed by atoms with Crippen molar-refractivity contribution < 1.29 is 17.6 Å². The van der Waals surface area contributed by atoms with Crippen LogP contribution in [0, 0.1) is 5.82 Å². The van der Waals surface area contributed by atoms with Crippen LogP contribution in [0.1, 0.15) is 30.5 Å². The molecule has 2 nitrogen and oxygen atoms in total. The molecule has 2 rings (SSSR count). The molecule has 21 heavy (non-hydrogen) atoms. The third-order valence-corrected chi connectivity index (χ3v) is 3.66. The van der Waals surface area contributed by atoms with Gasteiger partial charge in [0, 0.05) is 32.2 Å². The molecule has 0 amide bonds. The maximum absolute atomic E-state index is 13.4. The van der Waals surface area contributed by atoms with Crippen molar-refractivity contribution in [2.45, 2.75) is 25.6 Å². The van der Waals surface area contributed by atoms with Gasteiger partial charge >= 0.3 is 6.18 Å². The predicted molar refractivity (Wildman–Crippen MR) is 76.1 cm³/mol. The van der Waals surface area contributed by atoms with Gasteiger partial charge < -0.3 is 5.32 Å². The van der Waals surface area contributed by atoms with Crippen LogP contribution < -0.4 is 5.32 Å². The fraction of sp³-hybridized carbons (Fsp3) is 0.571. The molecule has 1 aromatic carbocycles. The molecule has 1 atom stereocenters. The van der Waals surface area contributed by atoms with E-state index in [9.17, 15) is 17.6 Å². The Hall–Kier alpha value is -0.850. The molecule has 1 aliphatic rings. The van der Waals surface area contributed by atoms with Gasteiger partial charge in [0.25, 0.3) is 0 Å². The minimum Gasteiger partial charge on any atom is -0.314 e. The zero-order chi connectivity index (χ0) is 14.8. The van der Waals surface area contributed by atoms with Crippen molar-refractivity contribution in [1.82, 2.24) is 10.2 Å². The number of rotatable bonds is 3. The molecule has 1 heterocycles. The lowest BCUT2D eigenvalue weighted by Crippen LogP contribution is -2.45. The van der Waals surface area contributed by atoms with Crippen LogP contribution in [0.5, 0.6) is 0 Å². The summed E-state index contributed by atoms with van der Waals surface area (Å²) < 4.78 is 52.7. The van der Waals surface area contributed by atoms with Crippen LogP contribution in [-0.2, 0) is 6.18 Å². The van der Waals surface area contributed by atoms with Crippen LogP contribution in [0.25, 0.3) is 0 Å². The molecular weight excluding hydrogens is 308 g/mol. The van der Waals surface area contributed by atoms with Gasteiger partial charge in [-0.2, -0.15) is 13.2 Å². The quantitative estimate of drug-likeness (QED) is 0.853. The van der Waals surface area contributed by atoms with E-state index in [1.165, 1.54) is 0 Å². The highest BCUT2D eigenvalue weighted by atomic mass is 35.5. The lowest BCUT2D eigenvalue weighted by atomic mass is 9.96. The van der Waals surface area contributed by atoms with E-state index < -0.39 is 23.6 Å². The highest BCUT2D eigenvalue weighted by molar-refractivity contribution is 5.85. The van der Waals surface area contributed by atoms with Crippen LogP contribution in [0.15, 0.2) is 18.2 Å². The van der Waals surface area contributed by atoms with Gasteiger partial charge in [-0.25, -0.2) is 4.39 Å². The second kappa shape index (κ2) is 7.42. The van der Waals surface area contributed by atoms with Crippen LogP contribution >= 0.6 is 12.4 Å². The molecule has 0 bridgehead atoms. The van der Waals surface area contributed by atoms with Gasteiger partial charge in [0.1, 0.15) is 5.82 Å². The van der Waals surface area contributed by atoms with E-state index in [1.807, 2.05) is 11.8 Å². The molecule has 0 spiro atoms. The lowest BCUT2D eigenvalue weighted by molar-refractivity contribution is -0.138. The minimum absolute atomic E-state index is 0. The highest BCUT2D eigenvalue weighted by Crippen LogP contribution is 2.37. The number of nitrogens with one attached hydrogen (secondary N) is 1. The Morgan fingerprint density at radius 2 is 1.86 bits per heavy atom. The Morgan fingerprint density at radius 1 is 1.24 bits per heavy atom. The molecule has 1 N–H and O–H groups in total. The minimum atomic E-state index is -4.45. The molecule has 120 valence electrons. The topological polar surface area (TPSA) is 15.3 Å². The summed E-state index contributed by atoms with van der Waals surface area (Å²) in [6.45, 7) is 4.66. The highest BCUT2D eigenvalue weighted by Gasteiger charge is 2.36. The average molecular weight is 327 g/mol. The predicted octanol–water partition coefficient (Wildman–Crippen LogP) is 3.62. The number of piperazine rings is 1. The normalized spacial score (nSPS) is 18.1. The maximum Gasteiger partial charge on any atom is 0.416 e. The Bertz CT molecular complexity index is 459. The van der Waals surface area contributed by atoms with Crippen LogP contribution in [0.4, 0.5) is 17.6 Å². The molecule has 1 saturated heterocycles. The van der Waals surface area contributed by atoms with E-state index in [0.29, 0.717) is 19.5 Å². The Balaban J connectivity index is 0.00000220. The fourth-order valence-electron chi connectivity index (χ4n) is 2.74. The zero-order valence-electron chi connectivity index (χ0n) is 11.7. The molecule has 0 aromatic heterocycles. The summed E-state index contributed by atoms with van der Waals surface area (Å²) in [7, 11) is 0. The van der Waals surface area contributed by atoms with Crippen molar-refractivity contribution in [1.29, 1.82) is 0 Å². The second-order valence-corrected chi connectivity index (χ2v) is 4.94. The third kappa shape index (κ3) is 4.31. The first-order chi connectivity index (χ1) is 9.43. The Labute approximate surface area is 127 Å². The van der Waals surface area contributed by atoms with Crippen molar-refractivity contribution in [2.24, 2.45) is 0 Å². The van der Waals surface area contributed by atoms with Crippen molar-refractivity contribution >= 4 is 12.4 Å². The largest absolute Gasteiger partial charge is 0.416 e. The fourth-order valence-corrected chi connectivity index (χ4v) is 2.74. The molecule has 1 aliphatic heterocycles. The number of hydrogen-bond acceptors (Lipinski definition) is 2. The van der Waals surface area contributed by atoms with Crippen molar-refractivity contribution in [3.8, 4) is 0 Å². The molecule has 0 aliphatic carbocycles. The maximum atomic E-state index is 13.4. The summed E-state index contributed by atoms with van der Waals surface area (Å²) in [5.74, 6) is -0.624. The zero-order valence-corrected chi connectivity index (χ0v) is 12.5. The molecule has 7 heteroatoms. The van der Waals surface area contributed by atoms with E-state index in [-0.39, 0.29) is 18.0 Å². The molecule has 0 radical (unpaired) electrons. The van der Waals surface area contributed by atoms with Gasteiger partial charge in [-0.1, -0.05) is 6.92 Å². The van der Waals surface area contributed by atoms with Crippen molar-refractivity contribution in [2.75, 3.05) is 26.2 Å². The lowest BCUT2D eigenvalue weighted by Gasteiger charge is -2.35. The molecule has 1 fully saturated rings. The van der Waals surface area contributed by atoms with E-state index in [4.69, 9.17) is 0 Å². The monoisotopic (exact) mass is 326 g/mol. The first-order valence-electron chi connectivity index (χ1n) is 6.75. The van der Waals surface area contributed by atoms with Gasteiger partial charge in [-0.05, 0) is 30.2 Å². The molecule has 0 unspecified atom stereocenters. The number of hydrogen-bond donors (Lipinski definition) is 1. The van der Waals surface area contributed by atoms with Gasteiger partial charge in [-0.3, -0.25) is 4.90 Å². The van der Waals surface area contributed by atoms with E-state index in [0.717, 1.165) is 31.3 Å².